The molecule has 25 heavy (non-hydrogen) atoms. The van der Waals surface area contributed by atoms with E-state index in [2.05, 4.69) is 0 Å². The zero-order valence-corrected chi connectivity index (χ0v) is 13.1. The van der Waals surface area contributed by atoms with Crippen LogP contribution in [0.2, 0.25) is 0 Å². The SMILES string of the molecule is N#CCCN(C(=O)COC(=O)c1cc(F)cc(F)c1)c1ccccc1. The summed E-state index contributed by atoms with van der Waals surface area (Å²) in [6.07, 6.45) is 0.101. The van der Waals surface area contributed by atoms with Crippen molar-refractivity contribution in [3.05, 3.63) is 65.7 Å². The molecule has 0 radical (unpaired) electrons. The molecular formula is C18H14F2N2O3. The molecule has 7 heteroatoms. The summed E-state index contributed by atoms with van der Waals surface area (Å²) in [6.45, 7) is -0.483. The van der Waals surface area contributed by atoms with Crippen LogP contribution in [0.3, 0.4) is 0 Å². The maximum atomic E-state index is 13.1. The summed E-state index contributed by atoms with van der Waals surface area (Å²) >= 11 is 0. The van der Waals surface area contributed by atoms with Gasteiger partial charge in [-0.25, -0.2) is 13.6 Å². The summed E-state index contributed by atoms with van der Waals surface area (Å²) in [5, 5.41) is 8.72. The molecule has 2 rings (SSSR count). The van der Waals surface area contributed by atoms with E-state index in [4.69, 9.17) is 10.00 Å². The Labute approximate surface area is 143 Å². The van der Waals surface area contributed by atoms with Crippen LogP contribution in [0.15, 0.2) is 48.5 Å². The molecule has 0 N–H and O–H groups in total. The number of nitriles is 1. The minimum absolute atomic E-state index is 0.101. The van der Waals surface area contributed by atoms with Crippen LogP contribution in [0.4, 0.5) is 14.5 Å². The molecule has 0 bridgehead atoms. The number of halogens is 2. The number of nitrogens with zero attached hydrogens (tertiary/aromatic N) is 2. The van der Waals surface area contributed by atoms with Crippen molar-refractivity contribution in [1.29, 1.82) is 5.26 Å². The van der Waals surface area contributed by atoms with E-state index in [-0.39, 0.29) is 18.5 Å². The van der Waals surface area contributed by atoms with E-state index in [1.165, 1.54) is 4.90 Å². The number of hydrogen-bond donors (Lipinski definition) is 0. The number of rotatable bonds is 6. The Bertz CT molecular complexity index is 783. The van der Waals surface area contributed by atoms with Crippen LogP contribution >= 0.6 is 0 Å². The van der Waals surface area contributed by atoms with E-state index in [0.717, 1.165) is 12.1 Å². The van der Waals surface area contributed by atoms with Crippen LogP contribution in [0.25, 0.3) is 0 Å². The van der Waals surface area contributed by atoms with E-state index in [0.29, 0.717) is 11.8 Å². The van der Waals surface area contributed by atoms with Gasteiger partial charge in [-0.05, 0) is 24.3 Å². The van der Waals surface area contributed by atoms with Crippen molar-refractivity contribution in [1.82, 2.24) is 0 Å². The molecule has 0 heterocycles. The molecule has 2 aromatic rings. The molecule has 0 aliphatic rings. The lowest BCUT2D eigenvalue weighted by atomic mass is 10.2. The van der Waals surface area contributed by atoms with Gasteiger partial charge in [-0.1, -0.05) is 18.2 Å². The Morgan fingerprint density at radius 3 is 2.32 bits per heavy atom. The van der Waals surface area contributed by atoms with Gasteiger partial charge in [0.1, 0.15) is 11.6 Å². The van der Waals surface area contributed by atoms with Gasteiger partial charge in [-0.15, -0.1) is 0 Å². The van der Waals surface area contributed by atoms with Gasteiger partial charge in [-0.3, -0.25) is 4.79 Å². The van der Waals surface area contributed by atoms with Crippen LogP contribution in [-0.2, 0) is 9.53 Å². The first-order valence-electron chi connectivity index (χ1n) is 7.37. The van der Waals surface area contributed by atoms with Gasteiger partial charge >= 0.3 is 5.97 Å². The molecule has 0 saturated carbocycles. The molecule has 0 aromatic heterocycles. The molecule has 0 spiro atoms. The molecule has 0 aliphatic heterocycles. The van der Waals surface area contributed by atoms with E-state index in [9.17, 15) is 18.4 Å². The fourth-order valence-electron chi connectivity index (χ4n) is 2.13. The van der Waals surface area contributed by atoms with E-state index in [1.807, 2.05) is 6.07 Å². The number of carbonyl (C=O) groups is 2. The Morgan fingerprint density at radius 2 is 1.72 bits per heavy atom. The molecule has 1 amide bonds. The highest BCUT2D eigenvalue weighted by Gasteiger charge is 2.18. The predicted octanol–water partition coefficient (Wildman–Crippen LogP) is 3.07. The first-order chi connectivity index (χ1) is 12.0. The zero-order valence-electron chi connectivity index (χ0n) is 13.1. The van der Waals surface area contributed by atoms with Gasteiger partial charge in [0.25, 0.3) is 5.91 Å². The first kappa shape index (κ1) is 18.1. The van der Waals surface area contributed by atoms with E-state index in [1.54, 1.807) is 30.3 Å². The quantitative estimate of drug-likeness (QED) is 0.755. The Morgan fingerprint density at radius 1 is 1.08 bits per heavy atom. The Kier molecular flexibility index (Phi) is 6.18. The van der Waals surface area contributed by atoms with Gasteiger partial charge in [0.05, 0.1) is 18.1 Å². The first-order valence-corrected chi connectivity index (χ1v) is 7.37. The lowest BCUT2D eigenvalue weighted by Crippen LogP contribution is -2.35. The number of para-hydroxylation sites is 1. The fraction of sp³-hybridized carbons (Fsp3) is 0.167. The lowest BCUT2D eigenvalue weighted by molar-refractivity contribution is -0.121. The summed E-state index contributed by atoms with van der Waals surface area (Å²) < 4.78 is 31.1. The number of hydrogen-bond acceptors (Lipinski definition) is 4. The predicted molar refractivity (Wildman–Crippen MR) is 85.7 cm³/mol. The maximum absolute atomic E-state index is 13.1. The highest BCUT2D eigenvalue weighted by atomic mass is 19.1. The van der Waals surface area contributed by atoms with Crippen molar-refractivity contribution >= 4 is 17.6 Å². The van der Waals surface area contributed by atoms with Gasteiger partial charge in [0.2, 0.25) is 0 Å². The highest BCUT2D eigenvalue weighted by Crippen LogP contribution is 2.15. The molecule has 0 atom stereocenters. The molecule has 0 fully saturated rings. The van der Waals surface area contributed by atoms with Gasteiger partial charge < -0.3 is 9.64 Å². The molecule has 2 aromatic carbocycles. The van der Waals surface area contributed by atoms with Crippen molar-refractivity contribution in [2.24, 2.45) is 0 Å². The lowest BCUT2D eigenvalue weighted by Gasteiger charge is -2.21. The molecule has 5 nitrogen and oxygen atoms in total. The van der Waals surface area contributed by atoms with E-state index >= 15 is 0 Å². The van der Waals surface area contributed by atoms with Crippen LogP contribution in [0.1, 0.15) is 16.8 Å². The monoisotopic (exact) mass is 344 g/mol. The summed E-state index contributed by atoms with van der Waals surface area (Å²) in [7, 11) is 0. The summed E-state index contributed by atoms with van der Waals surface area (Å²) in [6, 6.07) is 12.8. The number of anilines is 1. The smallest absolute Gasteiger partial charge is 0.338 e. The molecular weight excluding hydrogens is 330 g/mol. The van der Waals surface area contributed by atoms with Gasteiger partial charge in [0.15, 0.2) is 6.61 Å². The summed E-state index contributed by atoms with van der Waals surface area (Å²) in [4.78, 5) is 25.5. The number of ether oxygens (including phenoxy) is 1. The summed E-state index contributed by atoms with van der Waals surface area (Å²) in [5.41, 5.74) is 0.226. The summed E-state index contributed by atoms with van der Waals surface area (Å²) in [5.74, 6) is -3.40. The third-order valence-electron chi connectivity index (χ3n) is 3.24. The van der Waals surface area contributed by atoms with Crippen LogP contribution < -0.4 is 4.90 Å². The van der Waals surface area contributed by atoms with Crippen molar-refractivity contribution in [2.75, 3.05) is 18.1 Å². The van der Waals surface area contributed by atoms with Gasteiger partial charge in [-0.2, -0.15) is 5.26 Å². The minimum atomic E-state index is -1.01. The van der Waals surface area contributed by atoms with Crippen molar-refractivity contribution in [3.63, 3.8) is 0 Å². The zero-order chi connectivity index (χ0) is 18.2. The van der Waals surface area contributed by atoms with E-state index < -0.39 is 30.1 Å². The Balaban J connectivity index is 2.05. The second-order valence-electron chi connectivity index (χ2n) is 5.02. The topological polar surface area (TPSA) is 70.4 Å². The van der Waals surface area contributed by atoms with Crippen LogP contribution in [-0.4, -0.2) is 25.0 Å². The third kappa shape index (κ3) is 5.11. The average molecular weight is 344 g/mol. The van der Waals surface area contributed by atoms with Gasteiger partial charge in [0, 0.05) is 18.3 Å². The average Bonchev–Trinajstić information content (AvgIpc) is 2.60. The number of carbonyl (C=O) groups excluding carboxylic acids is 2. The maximum Gasteiger partial charge on any atom is 0.338 e. The number of esters is 1. The van der Waals surface area contributed by atoms with Crippen LogP contribution in [0.5, 0.6) is 0 Å². The highest BCUT2D eigenvalue weighted by molar-refractivity contribution is 5.97. The standard InChI is InChI=1S/C18H14F2N2O3/c19-14-9-13(10-15(20)11-14)18(24)25-12-17(23)22(8-4-7-21)16-5-2-1-3-6-16/h1-3,5-6,9-11H,4,8,12H2. The third-order valence-corrected chi connectivity index (χ3v) is 3.24. The second-order valence-corrected chi connectivity index (χ2v) is 5.02. The minimum Gasteiger partial charge on any atom is -0.452 e. The van der Waals surface area contributed by atoms with Crippen molar-refractivity contribution in [2.45, 2.75) is 6.42 Å². The van der Waals surface area contributed by atoms with Crippen molar-refractivity contribution in [3.8, 4) is 6.07 Å². The second kappa shape index (κ2) is 8.55. The molecule has 0 saturated heterocycles. The van der Waals surface area contributed by atoms with Crippen molar-refractivity contribution < 1.29 is 23.1 Å². The Hall–Kier alpha value is -3.27. The molecule has 0 aliphatic carbocycles. The fourth-order valence-corrected chi connectivity index (χ4v) is 2.13. The number of benzene rings is 2. The number of amides is 1. The molecule has 128 valence electrons. The largest absolute Gasteiger partial charge is 0.452 e. The normalized spacial score (nSPS) is 9.96. The van der Waals surface area contributed by atoms with Crippen LogP contribution in [0, 0.1) is 23.0 Å². The molecule has 0 unspecified atom stereocenters.